The van der Waals surface area contributed by atoms with Gasteiger partial charge in [0.2, 0.25) is 0 Å². The summed E-state index contributed by atoms with van der Waals surface area (Å²) in [6.07, 6.45) is 3.42. The maximum absolute atomic E-state index is 4.90. The third-order valence-corrected chi connectivity index (χ3v) is 2.35. The first-order valence-electron chi connectivity index (χ1n) is 6.28. The first kappa shape index (κ1) is 23.2. The van der Waals surface area contributed by atoms with Crippen LogP contribution in [-0.4, -0.2) is 13.2 Å². The summed E-state index contributed by atoms with van der Waals surface area (Å²) in [5.41, 5.74) is 2.55. The van der Waals surface area contributed by atoms with Crippen molar-refractivity contribution in [3.63, 3.8) is 0 Å². The van der Waals surface area contributed by atoms with E-state index in [0.29, 0.717) is 13.2 Å². The molecule has 0 heterocycles. The van der Waals surface area contributed by atoms with Gasteiger partial charge in [-0.15, -0.1) is 13.2 Å². The monoisotopic (exact) mass is 300 g/mol. The summed E-state index contributed by atoms with van der Waals surface area (Å²) in [5.74, 6) is 0. The molecule has 0 bridgehead atoms. The van der Waals surface area contributed by atoms with Gasteiger partial charge in [-0.3, -0.25) is 0 Å². The van der Waals surface area contributed by atoms with Gasteiger partial charge in [0.15, 0.2) is 0 Å². The first-order valence-corrected chi connectivity index (χ1v) is 6.28. The fraction of sp³-hybridized carbons (Fsp3) is 0.111. The summed E-state index contributed by atoms with van der Waals surface area (Å²) in [4.78, 5) is 0. The maximum Gasteiger partial charge on any atom is 1.00 e. The molecular formula is C18H22Na2O. The smallest absolute Gasteiger partial charge is 1.00 e. The molecule has 102 valence electrons. The van der Waals surface area contributed by atoms with E-state index in [0.717, 1.165) is 0 Å². The van der Waals surface area contributed by atoms with Crippen LogP contribution in [0.25, 0.3) is 11.1 Å². The summed E-state index contributed by atoms with van der Waals surface area (Å²) >= 11 is 0. The van der Waals surface area contributed by atoms with E-state index in [-0.39, 0.29) is 62.0 Å². The Labute approximate surface area is 175 Å². The summed E-state index contributed by atoms with van der Waals surface area (Å²) in [5, 5.41) is 0. The largest absolute Gasteiger partial charge is 1.00 e. The van der Waals surface area contributed by atoms with Crippen LogP contribution >= 0.6 is 0 Å². The van der Waals surface area contributed by atoms with Crippen molar-refractivity contribution in [1.82, 2.24) is 0 Å². The van der Waals surface area contributed by atoms with E-state index in [2.05, 4.69) is 61.7 Å². The second kappa shape index (κ2) is 16.3. The zero-order valence-corrected chi connectivity index (χ0v) is 17.2. The van der Waals surface area contributed by atoms with Crippen molar-refractivity contribution in [2.45, 2.75) is 0 Å². The summed E-state index contributed by atoms with van der Waals surface area (Å²) in [6, 6.07) is 20.8. The van der Waals surface area contributed by atoms with E-state index in [9.17, 15) is 0 Å². The van der Waals surface area contributed by atoms with Crippen molar-refractivity contribution in [2.24, 2.45) is 0 Å². The van der Waals surface area contributed by atoms with Crippen molar-refractivity contribution >= 4 is 0 Å². The summed E-state index contributed by atoms with van der Waals surface area (Å²) in [6.45, 7) is 8.18. The molecule has 3 heteroatoms. The number of ether oxygens (including phenoxy) is 1. The van der Waals surface area contributed by atoms with Gasteiger partial charge in [-0.1, -0.05) is 72.8 Å². The molecule has 2 rings (SSSR count). The molecule has 2 aromatic carbocycles. The van der Waals surface area contributed by atoms with Crippen LogP contribution in [0.15, 0.2) is 86.0 Å². The van der Waals surface area contributed by atoms with Crippen LogP contribution in [0.5, 0.6) is 0 Å². The number of benzene rings is 2. The van der Waals surface area contributed by atoms with Crippen molar-refractivity contribution < 1.29 is 66.7 Å². The zero-order chi connectivity index (χ0) is 13.8. The third-order valence-electron chi connectivity index (χ3n) is 2.35. The average molecular weight is 300 g/mol. The van der Waals surface area contributed by atoms with Crippen LogP contribution in [0.3, 0.4) is 0 Å². The van der Waals surface area contributed by atoms with Crippen LogP contribution < -0.4 is 59.1 Å². The minimum Gasteiger partial charge on any atom is -1.00 e. The molecule has 0 N–H and O–H groups in total. The Hall–Kier alpha value is -0.120. The fourth-order valence-electron chi connectivity index (χ4n) is 1.50. The van der Waals surface area contributed by atoms with Gasteiger partial charge in [0.1, 0.15) is 0 Å². The number of hydrogen-bond donors (Lipinski definition) is 0. The van der Waals surface area contributed by atoms with Gasteiger partial charge in [0.05, 0.1) is 13.2 Å². The molecule has 0 fully saturated rings. The van der Waals surface area contributed by atoms with Gasteiger partial charge < -0.3 is 7.59 Å². The van der Waals surface area contributed by atoms with E-state index in [1.807, 2.05) is 12.1 Å². The third kappa shape index (κ3) is 11.1. The second-order valence-corrected chi connectivity index (χ2v) is 3.85. The standard InChI is InChI=1S/C12H10.C6H10O.2Na.2H/c1-3-7-11(8-4-1)12-9-5-2-6-10-12;1-3-5-7-6-4-2;;;;/h1-10H;3-4H,1-2,5-6H2;;;;/q;;2*+1;2*-1. The second-order valence-electron chi connectivity index (χ2n) is 3.85. The molecule has 0 aromatic heterocycles. The number of rotatable bonds is 5. The Morgan fingerprint density at radius 2 is 1.05 bits per heavy atom. The Bertz CT molecular complexity index is 433. The summed E-state index contributed by atoms with van der Waals surface area (Å²) in [7, 11) is 0. The van der Waals surface area contributed by atoms with Crippen LogP contribution in [-0.2, 0) is 4.74 Å². The maximum atomic E-state index is 4.90. The SMILES string of the molecule is C=CCOCC=C.[H-].[H-].[Na+].[Na+].c1ccc(-c2ccccc2)cc1. The van der Waals surface area contributed by atoms with Gasteiger partial charge in [-0.25, -0.2) is 0 Å². The minimum atomic E-state index is 0. The molecule has 1 nitrogen and oxygen atoms in total. The van der Waals surface area contributed by atoms with Gasteiger partial charge in [-0.2, -0.15) is 0 Å². The molecular weight excluding hydrogens is 278 g/mol. The van der Waals surface area contributed by atoms with Gasteiger partial charge in [0.25, 0.3) is 0 Å². The quantitative estimate of drug-likeness (QED) is 0.389. The van der Waals surface area contributed by atoms with E-state index in [1.54, 1.807) is 12.2 Å². The molecule has 21 heavy (non-hydrogen) atoms. The molecule has 0 atom stereocenters. The molecule has 2 aromatic rings. The molecule has 0 aliphatic rings. The fourth-order valence-corrected chi connectivity index (χ4v) is 1.50. The van der Waals surface area contributed by atoms with Crippen LogP contribution in [0.4, 0.5) is 0 Å². The first-order chi connectivity index (χ1) is 9.38. The predicted octanol–water partition coefficient (Wildman–Crippen LogP) is -1.04. The van der Waals surface area contributed by atoms with E-state index in [1.165, 1.54) is 11.1 Å². The molecule has 0 amide bonds. The minimum absolute atomic E-state index is 0. The summed E-state index contributed by atoms with van der Waals surface area (Å²) < 4.78 is 4.90. The Morgan fingerprint density at radius 3 is 1.33 bits per heavy atom. The molecule has 0 saturated carbocycles. The van der Waals surface area contributed by atoms with Crippen molar-refractivity contribution in [1.29, 1.82) is 0 Å². The molecule has 0 aliphatic carbocycles. The molecule has 0 aliphatic heterocycles. The number of hydrogen-bond acceptors (Lipinski definition) is 1. The van der Waals surface area contributed by atoms with E-state index in [4.69, 9.17) is 4.74 Å². The Balaban J connectivity index is -0.000000148. The van der Waals surface area contributed by atoms with Crippen LogP contribution in [0.1, 0.15) is 2.85 Å². The Kier molecular flexibility index (Phi) is 17.9. The van der Waals surface area contributed by atoms with E-state index < -0.39 is 0 Å². The van der Waals surface area contributed by atoms with Gasteiger partial charge >= 0.3 is 59.1 Å². The molecule has 0 radical (unpaired) electrons. The zero-order valence-electron chi connectivity index (χ0n) is 15.2. The Morgan fingerprint density at radius 1 is 0.714 bits per heavy atom. The van der Waals surface area contributed by atoms with Crippen molar-refractivity contribution in [2.75, 3.05) is 13.2 Å². The van der Waals surface area contributed by atoms with Crippen LogP contribution in [0.2, 0.25) is 0 Å². The predicted molar refractivity (Wildman–Crippen MR) is 85.3 cm³/mol. The topological polar surface area (TPSA) is 9.23 Å². The van der Waals surface area contributed by atoms with E-state index >= 15 is 0 Å². The van der Waals surface area contributed by atoms with Gasteiger partial charge in [-0.05, 0) is 11.1 Å². The van der Waals surface area contributed by atoms with Gasteiger partial charge in [0, 0.05) is 0 Å². The van der Waals surface area contributed by atoms with Crippen LogP contribution in [0, 0.1) is 0 Å². The molecule has 0 unspecified atom stereocenters. The average Bonchev–Trinajstić information content (AvgIpc) is 2.50. The molecule has 0 saturated heterocycles. The molecule has 0 spiro atoms. The van der Waals surface area contributed by atoms with Crippen molar-refractivity contribution in [3.8, 4) is 11.1 Å². The van der Waals surface area contributed by atoms with Crippen molar-refractivity contribution in [3.05, 3.63) is 86.0 Å². The normalized spacial score (nSPS) is 8.19.